The number of aliphatic imine (C=N–C) groups is 1. The quantitative estimate of drug-likeness (QED) is 0.367. The molecule has 0 saturated heterocycles. The van der Waals surface area contributed by atoms with Gasteiger partial charge in [-0.2, -0.15) is 0 Å². The van der Waals surface area contributed by atoms with Crippen LogP contribution in [0, 0.1) is 0 Å². The van der Waals surface area contributed by atoms with Gasteiger partial charge in [-0.25, -0.2) is 10.4 Å². The van der Waals surface area contributed by atoms with Gasteiger partial charge in [0.05, 0.1) is 16.6 Å². The summed E-state index contributed by atoms with van der Waals surface area (Å²) in [5.74, 6) is -0.0571. The van der Waals surface area contributed by atoms with Crippen LogP contribution in [0.25, 0.3) is 0 Å². The number of nitrogens with zero attached hydrogens (tertiary/aromatic N) is 2. The van der Waals surface area contributed by atoms with Crippen molar-refractivity contribution in [2.24, 2.45) is 27.3 Å². The first-order valence-corrected chi connectivity index (χ1v) is 5.33. The maximum atomic E-state index is 5.97. The van der Waals surface area contributed by atoms with Gasteiger partial charge in [-0.3, -0.25) is 0 Å². The van der Waals surface area contributed by atoms with E-state index >= 15 is 0 Å². The van der Waals surface area contributed by atoms with E-state index in [1.807, 2.05) is 0 Å². The molecule has 7 N–H and O–H groups in total. The number of rotatable bonds is 3. The molecule has 0 spiro atoms. The van der Waals surface area contributed by atoms with E-state index in [0.29, 0.717) is 10.0 Å². The summed E-state index contributed by atoms with van der Waals surface area (Å²) in [6, 6.07) is 5.27. The highest BCUT2D eigenvalue weighted by Gasteiger charge is 2.03. The van der Waals surface area contributed by atoms with Gasteiger partial charge in [0.15, 0.2) is 0 Å². The lowest BCUT2D eigenvalue weighted by atomic mass is 10.2. The normalized spacial score (nSPS) is 11.1. The van der Waals surface area contributed by atoms with Crippen LogP contribution in [0.3, 0.4) is 0 Å². The Morgan fingerprint density at radius 2 is 1.94 bits per heavy atom. The van der Waals surface area contributed by atoms with E-state index in [1.165, 1.54) is 0 Å². The molecule has 0 unspecified atom stereocenters. The van der Waals surface area contributed by atoms with Crippen molar-refractivity contribution in [1.29, 1.82) is 0 Å². The highest BCUT2D eigenvalue weighted by atomic mass is 35.5. The second-order valence-corrected chi connectivity index (χ2v) is 3.85. The minimum Gasteiger partial charge on any atom is -0.369 e. The Labute approximate surface area is 108 Å². The minimum atomic E-state index is -0.135. The molecule has 17 heavy (non-hydrogen) atoms. The fourth-order valence-corrected chi connectivity index (χ4v) is 1.38. The van der Waals surface area contributed by atoms with Crippen LogP contribution in [0.1, 0.15) is 5.56 Å². The lowest BCUT2D eigenvalue weighted by Crippen LogP contribution is -2.33. The van der Waals surface area contributed by atoms with E-state index in [1.54, 1.807) is 18.2 Å². The monoisotopic (exact) mass is 274 g/mol. The van der Waals surface area contributed by atoms with Crippen LogP contribution < -0.4 is 22.6 Å². The first-order chi connectivity index (χ1) is 8.00. The predicted octanol–water partition coefficient (Wildman–Crippen LogP) is 0.586. The molecule has 92 valence electrons. The lowest BCUT2D eigenvalue weighted by molar-refractivity contribution is 0.952. The first-order valence-electron chi connectivity index (χ1n) is 4.58. The summed E-state index contributed by atoms with van der Waals surface area (Å²) in [4.78, 5) is 3.99. The smallest absolute Gasteiger partial charge is 0.209 e. The van der Waals surface area contributed by atoms with Crippen molar-refractivity contribution >= 4 is 35.1 Å². The summed E-state index contributed by atoms with van der Waals surface area (Å²) in [7, 11) is 0. The summed E-state index contributed by atoms with van der Waals surface area (Å²) in [6.45, 7) is 0.276. The Balaban J connectivity index is 2.69. The third kappa shape index (κ3) is 4.38. The Kier molecular flexibility index (Phi) is 4.86. The van der Waals surface area contributed by atoms with Gasteiger partial charge in [-0.05, 0) is 11.6 Å². The molecule has 0 saturated carbocycles. The molecule has 0 aliphatic rings. The van der Waals surface area contributed by atoms with Crippen molar-refractivity contribution in [3.8, 4) is 0 Å². The van der Waals surface area contributed by atoms with Crippen LogP contribution in [0.5, 0.6) is 0 Å². The van der Waals surface area contributed by atoms with Crippen molar-refractivity contribution in [1.82, 2.24) is 5.43 Å². The predicted molar refractivity (Wildman–Crippen MR) is 70.7 cm³/mol. The summed E-state index contributed by atoms with van der Waals surface area (Å²) in [5, 5.41) is 4.40. The van der Waals surface area contributed by atoms with Crippen LogP contribution in [-0.2, 0) is 6.54 Å². The van der Waals surface area contributed by atoms with E-state index in [0.717, 1.165) is 5.56 Å². The van der Waals surface area contributed by atoms with Gasteiger partial charge in [0.1, 0.15) is 0 Å². The van der Waals surface area contributed by atoms with E-state index in [9.17, 15) is 0 Å². The average molecular weight is 275 g/mol. The Hall–Kier alpha value is -1.66. The van der Waals surface area contributed by atoms with E-state index < -0.39 is 0 Å². The molecule has 0 aromatic heterocycles. The second kappa shape index (κ2) is 6.17. The van der Waals surface area contributed by atoms with Gasteiger partial charge in [0.25, 0.3) is 0 Å². The number of benzene rings is 1. The summed E-state index contributed by atoms with van der Waals surface area (Å²) in [6.07, 6.45) is 0. The Morgan fingerprint density at radius 3 is 2.59 bits per heavy atom. The fourth-order valence-electron chi connectivity index (χ4n) is 0.998. The van der Waals surface area contributed by atoms with E-state index in [4.69, 9.17) is 40.4 Å². The molecule has 0 aliphatic carbocycles. The number of halogens is 2. The van der Waals surface area contributed by atoms with Crippen LogP contribution in [-0.4, -0.2) is 11.9 Å². The average Bonchev–Trinajstić information content (AvgIpc) is 2.28. The third-order valence-electron chi connectivity index (χ3n) is 1.75. The van der Waals surface area contributed by atoms with Crippen molar-refractivity contribution in [3.05, 3.63) is 33.8 Å². The van der Waals surface area contributed by atoms with Gasteiger partial charge >= 0.3 is 0 Å². The molecular weight excluding hydrogens is 263 g/mol. The fraction of sp³-hybridized carbons (Fsp3) is 0.111. The van der Waals surface area contributed by atoms with Crippen molar-refractivity contribution < 1.29 is 0 Å². The Bertz CT molecular complexity index is 453. The molecule has 1 aromatic rings. The van der Waals surface area contributed by atoms with Crippen LogP contribution in [0.2, 0.25) is 10.0 Å². The molecule has 6 nitrogen and oxygen atoms in total. The van der Waals surface area contributed by atoms with Crippen LogP contribution >= 0.6 is 23.2 Å². The van der Waals surface area contributed by atoms with E-state index in [2.05, 4.69) is 15.5 Å². The topological polar surface area (TPSA) is 115 Å². The molecule has 0 bridgehead atoms. The van der Waals surface area contributed by atoms with Gasteiger partial charge < -0.3 is 17.2 Å². The zero-order valence-corrected chi connectivity index (χ0v) is 10.3. The zero-order valence-electron chi connectivity index (χ0n) is 8.82. The van der Waals surface area contributed by atoms with Gasteiger partial charge in [0, 0.05) is 0 Å². The van der Waals surface area contributed by atoms with Gasteiger partial charge in [0.2, 0.25) is 11.9 Å². The van der Waals surface area contributed by atoms with Crippen LogP contribution in [0.4, 0.5) is 0 Å². The molecule has 0 fully saturated rings. The Morgan fingerprint density at radius 1 is 1.24 bits per heavy atom. The third-order valence-corrected chi connectivity index (χ3v) is 2.61. The molecule has 0 aliphatic heterocycles. The molecule has 0 atom stereocenters. The molecule has 0 heterocycles. The van der Waals surface area contributed by atoms with Gasteiger partial charge in [-0.1, -0.05) is 35.3 Å². The maximum Gasteiger partial charge on any atom is 0.209 e. The van der Waals surface area contributed by atoms with Crippen LogP contribution in [0.15, 0.2) is 28.3 Å². The standard InChI is InChI=1S/C9H12Cl2N6/c10-6-3-1-2-5(7(6)11)4-15-9(14)17-16-8(12)13/h1-3H,4H2,(H4,12,13,16)(H3,14,15,17). The number of nitrogens with two attached hydrogens (primary N) is 3. The number of hydrazone groups is 1. The van der Waals surface area contributed by atoms with Crippen molar-refractivity contribution in [2.75, 3.05) is 0 Å². The number of hydrogen-bond acceptors (Lipinski definition) is 2. The van der Waals surface area contributed by atoms with Gasteiger partial charge in [-0.15, -0.1) is 5.10 Å². The summed E-state index contributed by atoms with van der Waals surface area (Å²) >= 11 is 11.8. The minimum absolute atomic E-state index is 0.0782. The second-order valence-electron chi connectivity index (χ2n) is 3.06. The number of hydrogen-bond donors (Lipinski definition) is 4. The largest absolute Gasteiger partial charge is 0.369 e. The van der Waals surface area contributed by atoms with Crippen molar-refractivity contribution in [2.45, 2.75) is 6.54 Å². The summed E-state index contributed by atoms with van der Waals surface area (Å²) in [5.41, 5.74) is 18.9. The highest BCUT2D eigenvalue weighted by molar-refractivity contribution is 6.42. The molecule has 0 radical (unpaired) electrons. The van der Waals surface area contributed by atoms with Crippen molar-refractivity contribution in [3.63, 3.8) is 0 Å². The highest BCUT2D eigenvalue weighted by Crippen LogP contribution is 2.25. The zero-order chi connectivity index (χ0) is 12.8. The maximum absolute atomic E-state index is 5.97. The molecule has 8 heteroatoms. The van der Waals surface area contributed by atoms with E-state index in [-0.39, 0.29) is 18.5 Å². The molecule has 1 aromatic carbocycles. The summed E-state index contributed by atoms with van der Waals surface area (Å²) < 4.78 is 0. The lowest BCUT2D eigenvalue weighted by Gasteiger charge is -2.03. The molecule has 1 rings (SSSR count). The molecule has 0 amide bonds. The number of guanidine groups is 2. The SMILES string of the molecule is NC(N)=NNC(N)=NCc1cccc(Cl)c1Cl. The number of nitrogens with one attached hydrogen (secondary N) is 1. The molecular formula is C9H12Cl2N6. The first kappa shape index (κ1) is 13.4.